The molecule has 0 amide bonds. The Hall–Kier alpha value is 0.1000. The van der Waals surface area contributed by atoms with Crippen LogP contribution < -0.4 is 0 Å². The van der Waals surface area contributed by atoms with Crippen molar-refractivity contribution in [3.05, 3.63) is 20.8 Å². The highest BCUT2D eigenvalue weighted by Gasteiger charge is 2.32. The maximum Gasteiger partial charge on any atom is 0.201 e. The fourth-order valence-corrected chi connectivity index (χ4v) is 2.78. The van der Waals surface area contributed by atoms with Crippen molar-refractivity contribution in [2.45, 2.75) is 19.1 Å². The molecule has 1 aliphatic rings. The van der Waals surface area contributed by atoms with Gasteiger partial charge in [0.15, 0.2) is 0 Å². The van der Waals surface area contributed by atoms with Crippen molar-refractivity contribution < 1.29 is 9.47 Å². The Morgan fingerprint density at radius 1 is 1.38 bits per heavy atom. The van der Waals surface area contributed by atoms with E-state index in [4.69, 9.17) is 9.47 Å². The van der Waals surface area contributed by atoms with E-state index in [1.54, 1.807) is 11.3 Å². The van der Waals surface area contributed by atoms with Crippen LogP contribution in [0.5, 0.6) is 0 Å². The third kappa shape index (κ3) is 1.96. The minimum atomic E-state index is -0.519. The van der Waals surface area contributed by atoms with E-state index in [1.165, 1.54) is 0 Å². The lowest BCUT2D eigenvalue weighted by Gasteiger charge is -2.32. The van der Waals surface area contributed by atoms with E-state index < -0.39 is 5.79 Å². The summed E-state index contributed by atoms with van der Waals surface area (Å²) < 4.78 is 12.4. The average Bonchev–Trinajstić information content (AvgIpc) is 2.54. The maximum atomic E-state index is 5.63. The van der Waals surface area contributed by atoms with Gasteiger partial charge in [-0.25, -0.2) is 0 Å². The van der Waals surface area contributed by atoms with Crippen molar-refractivity contribution in [3.8, 4) is 0 Å². The molecule has 0 spiro atoms. The van der Waals surface area contributed by atoms with Gasteiger partial charge < -0.3 is 9.47 Å². The molecular weight excluding hydrogens is 252 g/mol. The van der Waals surface area contributed by atoms with Crippen LogP contribution in [0.15, 0.2) is 15.9 Å². The number of thiophene rings is 1. The molecule has 0 N–H and O–H groups in total. The smallest absolute Gasteiger partial charge is 0.201 e. The molecule has 0 radical (unpaired) electrons. The van der Waals surface area contributed by atoms with Gasteiger partial charge in [0.1, 0.15) is 0 Å². The Bertz CT molecular complexity index is 292. The summed E-state index contributed by atoms with van der Waals surface area (Å²) in [6, 6.07) is 4.06. The number of hydrogen-bond donors (Lipinski definition) is 0. The molecule has 1 aromatic rings. The second kappa shape index (κ2) is 3.69. The lowest BCUT2D eigenvalue weighted by atomic mass is 10.2. The Morgan fingerprint density at radius 2 is 2.08 bits per heavy atom. The van der Waals surface area contributed by atoms with Crippen LogP contribution >= 0.6 is 27.3 Å². The van der Waals surface area contributed by atoms with Gasteiger partial charge in [-0.15, -0.1) is 11.3 Å². The van der Waals surface area contributed by atoms with Gasteiger partial charge in [-0.2, -0.15) is 0 Å². The molecule has 0 saturated carbocycles. The minimum Gasteiger partial charge on any atom is -0.345 e. The Labute approximate surface area is 90.0 Å². The first kappa shape index (κ1) is 9.65. The molecule has 1 fully saturated rings. The molecule has 1 aromatic heterocycles. The van der Waals surface area contributed by atoms with E-state index in [2.05, 4.69) is 15.9 Å². The first-order chi connectivity index (χ1) is 6.21. The second-order valence-electron chi connectivity index (χ2n) is 3.10. The van der Waals surface area contributed by atoms with Gasteiger partial charge in [-0.05, 0) is 41.4 Å². The zero-order chi connectivity index (χ0) is 9.31. The van der Waals surface area contributed by atoms with Gasteiger partial charge in [-0.1, -0.05) is 0 Å². The van der Waals surface area contributed by atoms with Crippen molar-refractivity contribution in [2.24, 2.45) is 0 Å². The van der Waals surface area contributed by atoms with Gasteiger partial charge in [0.25, 0.3) is 0 Å². The predicted molar refractivity (Wildman–Crippen MR) is 55.9 cm³/mol. The van der Waals surface area contributed by atoms with Crippen LogP contribution in [0.2, 0.25) is 0 Å². The molecule has 0 atom stereocenters. The average molecular weight is 263 g/mol. The highest BCUT2D eigenvalue weighted by atomic mass is 79.9. The molecule has 13 heavy (non-hydrogen) atoms. The standard InChI is InChI=1S/C9H11BrO2S/c1-9(11-5-2-6-12-9)7-3-4-8(10)13-7/h3-4H,2,5-6H2,1H3. The van der Waals surface area contributed by atoms with E-state index in [0.29, 0.717) is 0 Å². The number of rotatable bonds is 1. The van der Waals surface area contributed by atoms with Crippen LogP contribution in [-0.4, -0.2) is 13.2 Å². The number of ether oxygens (including phenoxy) is 2. The lowest BCUT2D eigenvalue weighted by molar-refractivity contribution is -0.262. The van der Waals surface area contributed by atoms with E-state index in [9.17, 15) is 0 Å². The quantitative estimate of drug-likeness (QED) is 0.775. The van der Waals surface area contributed by atoms with Crippen molar-refractivity contribution in [2.75, 3.05) is 13.2 Å². The monoisotopic (exact) mass is 262 g/mol. The van der Waals surface area contributed by atoms with Gasteiger partial charge >= 0.3 is 0 Å². The second-order valence-corrected chi connectivity index (χ2v) is 5.56. The minimum absolute atomic E-state index is 0.519. The summed E-state index contributed by atoms with van der Waals surface area (Å²) in [5.41, 5.74) is 0. The van der Waals surface area contributed by atoms with E-state index in [0.717, 1.165) is 28.3 Å². The molecule has 0 unspecified atom stereocenters. The third-order valence-corrected chi connectivity index (χ3v) is 3.87. The molecule has 72 valence electrons. The first-order valence-electron chi connectivity index (χ1n) is 4.24. The summed E-state index contributed by atoms with van der Waals surface area (Å²) in [6.45, 7) is 3.54. The molecule has 0 bridgehead atoms. The lowest BCUT2D eigenvalue weighted by Crippen LogP contribution is -2.34. The van der Waals surface area contributed by atoms with Gasteiger partial charge in [-0.3, -0.25) is 0 Å². The summed E-state index contributed by atoms with van der Waals surface area (Å²) in [6.07, 6.45) is 0.988. The molecule has 0 aromatic carbocycles. The Morgan fingerprint density at radius 3 is 2.62 bits per heavy atom. The van der Waals surface area contributed by atoms with Crippen LogP contribution in [0, 0.1) is 0 Å². The van der Waals surface area contributed by atoms with Crippen LogP contribution in [0.3, 0.4) is 0 Å². The zero-order valence-electron chi connectivity index (χ0n) is 7.38. The van der Waals surface area contributed by atoms with Crippen LogP contribution in [0.25, 0.3) is 0 Å². The topological polar surface area (TPSA) is 18.5 Å². The highest BCUT2D eigenvalue weighted by Crippen LogP contribution is 2.36. The van der Waals surface area contributed by atoms with Crippen LogP contribution in [0.4, 0.5) is 0 Å². The van der Waals surface area contributed by atoms with Crippen LogP contribution in [0.1, 0.15) is 18.2 Å². The van der Waals surface area contributed by atoms with Crippen LogP contribution in [-0.2, 0) is 15.3 Å². The SMILES string of the molecule is CC1(c2ccc(Br)s2)OCCCO1. The molecule has 4 heteroatoms. The molecule has 2 heterocycles. The first-order valence-corrected chi connectivity index (χ1v) is 5.85. The largest absolute Gasteiger partial charge is 0.345 e. The van der Waals surface area contributed by atoms with Crippen molar-refractivity contribution >= 4 is 27.3 Å². The van der Waals surface area contributed by atoms with Gasteiger partial charge in [0.05, 0.1) is 21.9 Å². The number of hydrogen-bond acceptors (Lipinski definition) is 3. The van der Waals surface area contributed by atoms with Crippen molar-refractivity contribution in [3.63, 3.8) is 0 Å². The van der Waals surface area contributed by atoms with Crippen molar-refractivity contribution in [1.82, 2.24) is 0 Å². The zero-order valence-corrected chi connectivity index (χ0v) is 9.78. The maximum absolute atomic E-state index is 5.63. The highest BCUT2D eigenvalue weighted by molar-refractivity contribution is 9.11. The Balaban J connectivity index is 2.22. The van der Waals surface area contributed by atoms with E-state index in [-0.39, 0.29) is 0 Å². The van der Waals surface area contributed by atoms with Crippen molar-refractivity contribution in [1.29, 1.82) is 0 Å². The molecule has 2 rings (SSSR count). The molecule has 0 aliphatic carbocycles. The molecule has 1 saturated heterocycles. The summed E-state index contributed by atoms with van der Waals surface area (Å²) in [7, 11) is 0. The normalized spacial score (nSPS) is 21.7. The fourth-order valence-electron chi connectivity index (χ4n) is 1.34. The fraction of sp³-hybridized carbons (Fsp3) is 0.556. The van der Waals surface area contributed by atoms with Gasteiger partial charge in [0.2, 0.25) is 5.79 Å². The number of halogens is 1. The summed E-state index contributed by atoms with van der Waals surface area (Å²) >= 11 is 5.09. The molecule has 2 nitrogen and oxygen atoms in total. The third-order valence-electron chi connectivity index (χ3n) is 2.06. The molecular formula is C9H11BrO2S. The summed E-state index contributed by atoms with van der Waals surface area (Å²) in [4.78, 5) is 1.12. The predicted octanol–water partition coefficient (Wildman–Crippen LogP) is 3.12. The van der Waals surface area contributed by atoms with Gasteiger partial charge in [0, 0.05) is 0 Å². The van der Waals surface area contributed by atoms with E-state index in [1.807, 2.05) is 19.1 Å². The summed E-state index contributed by atoms with van der Waals surface area (Å²) in [5.74, 6) is -0.519. The summed E-state index contributed by atoms with van der Waals surface area (Å²) in [5, 5.41) is 0. The Kier molecular flexibility index (Phi) is 2.74. The molecule has 1 aliphatic heterocycles. The van der Waals surface area contributed by atoms with E-state index >= 15 is 0 Å².